The highest BCUT2D eigenvalue weighted by molar-refractivity contribution is 7.99. The van der Waals surface area contributed by atoms with Crippen LogP contribution in [0.5, 0.6) is 11.5 Å². The lowest BCUT2D eigenvalue weighted by Gasteiger charge is -2.10. The van der Waals surface area contributed by atoms with Gasteiger partial charge in [-0.25, -0.2) is 4.79 Å². The molecule has 2 aromatic heterocycles. The Morgan fingerprint density at radius 3 is 2.43 bits per heavy atom. The Kier molecular flexibility index (Phi) is 8.81. The molecule has 37 heavy (non-hydrogen) atoms. The molecular weight excluding hydrogens is 512 g/mol. The van der Waals surface area contributed by atoms with Crippen LogP contribution in [-0.2, 0) is 22.7 Å². The molecule has 0 aliphatic carbocycles. The van der Waals surface area contributed by atoms with Crippen molar-refractivity contribution in [1.29, 1.82) is 0 Å². The van der Waals surface area contributed by atoms with Gasteiger partial charge < -0.3 is 24.1 Å². The van der Waals surface area contributed by atoms with Crippen LogP contribution >= 0.6 is 23.1 Å². The average Bonchev–Trinajstić information content (AvgIpc) is 3.54. The molecule has 0 aliphatic rings. The third-order valence-electron chi connectivity index (χ3n) is 5.39. The molecular formula is C26H26N4O5S2. The summed E-state index contributed by atoms with van der Waals surface area (Å²) in [7, 11) is 2.93. The number of nitrogens with one attached hydrogen (secondary N) is 1. The van der Waals surface area contributed by atoms with E-state index < -0.39 is 5.97 Å². The van der Waals surface area contributed by atoms with E-state index in [0.717, 1.165) is 11.3 Å². The molecule has 4 aromatic rings. The summed E-state index contributed by atoms with van der Waals surface area (Å²) >= 11 is 2.55. The highest BCUT2D eigenvalue weighted by atomic mass is 32.2. The average molecular weight is 539 g/mol. The van der Waals surface area contributed by atoms with E-state index in [1.54, 1.807) is 7.11 Å². The Hall–Kier alpha value is -3.83. The molecule has 0 saturated carbocycles. The van der Waals surface area contributed by atoms with E-state index in [1.165, 1.54) is 30.2 Å². The molecule has 2 heterocycles. The van der Waals surface area contributed by atoms with Crippen LogP contribution in [0.3, 0.4) is 0 Å². The predicted molar refractivity (Wildman–Crippen MR) is 143 cm³/mol. The number of aromatic nitrogens is 3. The standard InChI is InChI=1S/C26H26N4O5S2/c1-4-30-21(14-35-19-12-10-18(33-2)11-13-19)28-29-26(30)37-16-22(31)27-24-23(25(32)34-3)20(15-36-24)17-8-6-5-7-9-17/h5-13,15H,4,14,16H2,1-3H3,(H,27,31). The van der Waals surface area contributed by atoms with Crippen LogP contribution in [0.15, 0.2) is 65.1 Å². The highest BCUT2D eigenvalue weighted by Gasteiger charge is 2.23. The first-order valence-electron chi connectivity index (χ1n) is 11.4. The molecule has 9 nitrogen and oxygen atoms in total. The summed E-state index contributed by atoms with van der Waals surface area (Å²) in [5.74, 6) is 1.41. The Balaban J connectivity index is 1.40. The zero-order valence-corrected chi connectivity index (χ0v) is 22.2. The number of amides is 1. The van der Waals surface area contributed by atoms with E-state index in [2.05, 4.69) is 15.5 Å². The van der Waals surface area contributed by atoms with Crippen molar-refractivity contribution in [3.8, 4) is 22.6 Å². The smallest absolute Gasteiger partial charge is 0.341 e. The molecule has 1 N–H and O–H groups in total. The lowest BCUT2D eigenvalue weighted by atomic mass is 10.0. The number of methoxy groups -OCH3 is 2. The first-order valence-corrected chi connectivity index (χ1v) is 13.3. The number of esters is 1. The van der Waals surface area contributed by atoms with Crippen LogP contribution in [0.4, 0.5) is 5.00 Å². The normalized spacial score (nSPS) is 10.7. The maximum atomic E-state index is 12.8. The van der Waals surface area contributed by atoms with Crippen LogP contribution in [0.2, 0.25) is 0 Å². The summed E-state index contributed by atoms with van der Waals surface area (Å²) in [5.41, 5.74) is 1.92. The van der Waals surface area contributed by atoms with E-state index in [9.17, 15) is 9.59 Å². The third-order valence-corrected chi connectivity index (χ3v) is 7.25. The molecule has 4 rings (SSSR count). The summed E-state index contributed by atoms with van der Waals surface area (Å²) in [6.45, 7) is 2.83. The van der Waals surface area contributed by atoms with Crippen LogP contribution in [0.1, 0.15) is 23.1 Å². The van der Waals surface area contributed by atoms with Gasteiger partial charge in [0.15, 0.2) is 11.0 Å². The second-order valence-electron chi connectivity index (χ2n) is 7.66. The van der Waals surface area contributed by atoms with Gasteiger partial charge in [0.25, 0.3) is 0 Å². The van der Waals surface area contributed by atoms with E-state index in [4.69, 9.17) is 14.2 Å². The molecule has 0 fully saturated rings. The molecule has 1 amide bonds. The van der Waals surface area contributed by atoms with Crippen LogP contribution in [0.25, 0.3) is 11.1 Å². The molecule has 0 bridgehead atoms. The summed E-state index contributed by atoms with van der Waals surface area (Å²) in [4.78, 5) is 25.3. The third kappa shape index (κ3) is 6.30. The zero-order valence-electron chi connectivity index (χ0n) is 20.6. The monoisotopic (exact) mass is 538 g/mol. The van der Waals surface area contributed by atoms with Gasteiger partial charge in [-0.1, -0.05) is 42.1 Å². The number of benzene rings is 2. The fourth-order valence-electron chi connectivity index (χ4n) is 3.55. The number of hydrogen-bond acceptors (Lipinski definition) is 9. The maximum absolute atomic E-state index is 12.8. The van der Waals surface area contributed by atoms with Gasteiger partial charge in [-0.05, 0) is 36.8 Å². The number of hydrogen-bond donors (Lipinski definition) is 1. The number of anilines is 1. The van der Waals surface area contributed by atoms with Crippen molar-refractivity contribution in [3.05, 3.63) is 71.4 Å². The van der Waals surface area contributed by atoms with Gasteiger partial charge in [0, 0.05) is 17.5 Å². The second kappa shape index (κ2) is 12.4. The number of ether oxygens (including phenoxy) is 3. The lowest BCUT2D eigenvalue weighted by Crippen LogP contribution is -2.16. The molecule has 192 valence electrons. The topological polar surface area (TPSA) is 105 Å². The summed E-state index contributed by atoms with van der Waals surface area (Å²) in [5, 5.41) is 14.2. The van der Waals surface area contributed by atoms with Gasteiger partial charge in [0.2, 0.25) is 5.91 Å². The van der Waals surface area contributed by atoms with Crippen LogP contribution in [-0.4, -0.2) is 46.6 Å². The van der Waals surface area contributed by atoms with Gasteiger partial charge >= 0.3 is 5.97 Å². The molecule has 0 unspecified atom stereocenters. The predicted octanol–water partition coefficient (Wildman–Crippen LogP) is 5.13. The summed E-state index contributed by atoms with van der Waals surface area (Å²) in [6, 6.07) is 16.8. The van der Waals surface area contributed by atoms with E-state index in [1.807, 2.05) is 71.5 Å². The molecule has 0 radical (unpaired) electrons. The van der Waals surface area contributed by atoms with Gasteiger partial charge in [-0.2, -0.15) is 0 Å². The summed E-state index contributed by atoms with van der Waals surface area (Å²) < 4.78 is 17.9. The first kappa shape index (κ1) is 26.2. The Morgan fingerprint density at radius 2 is 1.76 bits per heavy atom. The van der Waals surface area contributed by atoms with Gasteiger partial charge in [0.05, 0.1) is 20.0 Å². The van der Waals surface area contributed by atoms with Gasteiger partial charge in [0.1, 0.15) is 28.7 Å². The number of thioether (sulfide) groups is 1. The fourth-order valence-corrected chi connectivity index (χ4v) is 5.34. The van der Waals surface area contributed by atoms with Crippen molar-refractivity contribution in [2.75, 3.05) is 25.3 Å². The van der Waals surface area contributed by atoms with E-state index in [-0.39, 0.29) is 18.3 Å². The van der Waals surface area contributed by atoms with Crippen molar-refractivity contribution >= 4 is 40.0 Å². The van der Waals surface area contributed by atoms with E-state index in [0.29, 0.717) is 39.4 Å². The minimum absolute atomic E-state index is 0.0939. The Morgan fingerprint density at radius 1 is 1.03 bits per heavy atom. The van der Waals surface area contributed by atoms with Crippen molar-refractivity contribution in [3.63, 3.8) is 0 Å². The van der Waals surface area contributed by atoms with E-state index >= 15 is 0 Å². The minimum atomic E-state index is -0.504. The molecule has 11 heteroatoms. The van der Waals surface area contributed by atoms with Gasteiger partial charge in [-0.3, -0.25) is 4.79 Å². The molecule has 0 spiro atoms. The van der Waals surface area contributed by atoms with Gasteiger partial charge in [-0.15, -0.1) is 21.5 Å². The molecule has 0 saturated heterocycles. The number of thiophene rings is 1. The zero-order chi connectivity index (χ0) is 26.2. The number of carbonyl (C=O) groups excluding carboxylic acids is 2. The van der Waals surface area contributed by atoms with Crippen LogP contribution in [0, 0.1) is 0 Å². The van der Waals surface area contributed by atoms with Crippen molar-refractivity contribution < 1.29 is 23.8 Å². The lowest BCUT2D eigenvalue weighted by molar-refractivity contribution is -0.113. The Labute approximate surface area is 222 Å². The maximum Gasteiger partial charge on any atom is 0.341 e. The van der Waals surface area contributed by atoms with Crippen molar-refractivity contribution in [2.45, 2.75) is 25.2 Å². The van der Waals surface area contributed by atoms with Crippen molar-refractivity contribution in [2.24, 2.45) is 0 Å². The second-order valence-corrected chi connectivity index (χ2v) is 9.48. The molecule has 0 atom stereocenters. The Bertz CT molecular complexity index is 1350. The van der Waals surface area contributed by atoms with Crippen molar-refractivity contribution in [1.82, 2.24) is 14.8 Å². The summed E-state index contributed by atoms with van der Waals surface area (Å²) in [6.07, 6.45) is 0. The fraction of sp³-hybridized carbons (Fsp3) is 0.231. The molecule has 0 aliphatic heterocycles. The minimum Gasteiger partial charge on any atom is -0.497 e. The molecule has 2 aromatic carbocycles. The largest absolute Gasteiger partial charge is 0.497 e. The SMILES string of the molecule is CCn1c(COc2ccc(OC)cc2)nnc1SCC(=O)Nc1scc(-c2ccccc2)c1C(=O)OC. The number of rotatable bonds is 11. The number of nitrogens with zero attached hydrogens (tertiary/aromatic N) is 3. The van der Waals surface area contributed by atoms with Crippen LogP contribution < -0.4 is 14.8 Å². The quantitative estimate of drug-likeness (QED) is 0.207. The number of carbonyl (C=O) groups is 2. The highest BCUT2D eigenvalue weighted by Crippen LogP contribution is 2.36. The first-order chi connectivity index (χ1) is 18.0.